The number of amides is 1. The van der Waals surface area contributed by atoms with Crippen LogP contribution in [0.4, 0.5) is 19.4 Å². The minimum atomic E-state index is -1.26. The van der Waals surface area contributed by atoms with Gasteiger partial charge in [-0.3, -0.25) is 4.90 Å². The molecule has 2 aromatic carbocycles. The van der Waals surface area contributed by atoms with Crippen LogP contribution in [0.2, 0.25) is 0 Å². The van der Waals surface area contributed by atoms with Gasteiger partial charge in [0.2, 0.25) is 5.88 Å². The molecule has 3 aliphatic heterocycles. The number of piperidine rings is 1. The van der Waals surface area contributed by atoms with Crippen LogP contribution in [0.3, 0.4) is 0 Å². The highest BCUT2D eigenvalue weighted by atomic mass is 19.1. The SMILES string of the molecule is C#Cc1c(F)ccc2cc(O)cc(-c3nc(OC)c4c(N5CCOC[C@@](C)(O)C5)nc(OC[C@]56CCCC5N(C5CCC7(CC5)CN(C(=O)OC)C7)CCC6)nc4c3F)c12. The number of terminal acetylenes is 1. The lowest BCUT2D eigenvalue weighted by molar-refractivity contribution is -0.0671. The molecule has 5 aliphatic rings. The number of hydrogen-bond acceptors (Lipinski definition) is 12. The van der Waals surface area contributed by atoms with Crippen LogP contribution in [0, 0.1) is 34.8 Å². The molecule has 0 bridgehead atoms. The number of pyridine rings is 1. The van der Waals surface area contributed by atoms with Crippen molar-refractivity contribution in [2.75, 3.05) is 71.7 Å². The number of hydrogen-bond donors (Lipinski definition) is 2. The van der Waals surface area contributed by atoms with Crippen molar-refractivity contribution in [2.24, 2.45) is 10.8 Å². The number of halogens is 2. The zero-order valence-corrected chi connectivity index (χ0v) is 34.4. The van der Waals surface area contributed by atoms with E-state index < -0.39 is 17.2 Å². The number of carbonyl (C=O) groups is 1. The summed E-state index contributed by atoms with van der Waals surface area (Å²) >= 11 is 0. The average molecular weight is 827 g/mol. The van der Waals surface area contributed by atoms with E-state index in [1.165, 1.54) is 38.5 Å². The van der Waals surface area contributed by atoms with E-state index in [2.05, 4.69) is 15.8 Å². The Balaban J connectivity index is 1.08. The Morgan fingerprint density at radius 2 is 1.80 bits per heavy atom. The predicted molar refractivity (Wildman–Crippen MR) is 220 cm³/mol. The third-order valence-corrected chi connectivity index (χ3v) is 13.9. The van der Waals surface area contributed by atoms with Gasteiger partial charge in [-0.2, -0.15) is 9.97 Å². The molecule has 15 heteroatoms. The van der Waals surface area contributed by atoms with E-state index in [0.717, 1.165) is 77.4 Å². The molecular weight excluding hydrogens is 775 g/mol. The topological polar surface area (TPSA) is 143 Å². The summed E-state index contributed by atoms with van der Waals surface area (Å²) in [6.07, 6.45) is 15.0. The molecule has 1 amide bonds. The Morgan fingerprint density at radius 1 is 1.02 bits per heavy atom. The molecule has 13 nitrogen and oxygen atoms in total. The molecule has 2 aromatic heterocycles. The van der Waals surface area contributed by atoms with Crippen LogP contribution in [-0.4, -0.2) is 126 Å². The summed E-state index contributed by atoms with van der Waals surface area (Å²) in [5, 5.41) is 22.8. The van der Waals surface area contributed by atoms with E-state index >= 15 is 8.78 Å². The van der Waals surface area contributed by atoms with Crippen LogP contribution in [-0.2, 0) is 9.47 Å². The first kappa shape index (κ1) is 40.4. The number of nitrogens with zero attached hydrogens (tertiary/aromatic N) is 6. The molecular formula is C45H52F2N6O7. The monoisotopic (exact) mass is 826 g/mol. The van der Waals surface area contributed by atoms with Crippen LogP contribution in [0.15, 0.2) is 24.3 Å². The van der Waals surface area contributed by atoms with Gasteiger partial charge in [-0.25, -0.2) is 18.6 Å². The van der Waals surface area contributed by atoms with Crippen LogP contribution in [0.5, 0.6) is 17.6 Å². The molecule has 5 heterocycles. The summed E-state index contributed by atoms with van der Waals surface area (Å²) in [5.74, 6) is 0.889. The quantitative estimate of drug-likeness (QED) is 0.198. The summed E-state index contributed by atoms with van der Waals surface area (Å²) < 4.78 is 55.8. The van der Waals surface area contributed by atoms with E-state index in [-0.39, 0.29) is 93.2 Å². The van der Waals surface area contributed by atoms with E-state index in [9.17, 15) is 15.0 Å². The molecule has 318 valence electrons. The van der Waals surface area contributed by atoms with Crippen LogP contribution < -0.4 is 14.4 Å². The third kappa shape index (κ3) is 7.00. The number of aliphatic hydroxyl groups is 1. The largest absolute Gasteiger partial charge is 0.508 e. The smallest absolute Gasteiger partial charge is 0.409 e. The van der Waals surface area contributed by atoms with Crippen molar-refractivity contribution in [3.8, 4) is 41.2 Å². The first-order valence-corrected chi connectivity index (χ1v) is 21.0. The van der Waals surface area contributed by atoms with E-state index in [1.807, 2.05) is 4.90 Å². The number of phenolic OH excluding ortho intramolecular Hbond substituents is 1. The summed E-state index contributed by atoms with van der Waals surface area (Å²) in [7, 11) is 2.83. The van der Waals surface area contributed by atoms with Gasteiger partial charge in [0, 0.05) is 53.5 Å². The number of carbonyl (C=O) groups excluding carboxylic acids is 1. The molecule has 4 aromatic rings. The molecule has 2 aliphatic carbocycles. The summed E-state index contributed by atoms with van der Waals surface area (Å²) in [6, 6.07) is 6.13. The number of fused-ring (bicyclic) bond motifs is 3. The summed E-state index contributed by atoms with van der Waals surface area (Å²) in [6.45, 7) is 5.36. The Hall–Kier alpha value is -5.04. The second-order valence-corrected chi connectivity index (χ2v) is 17.9. The second-order valence-electron chi connectivity index (χ2n) is 17.9. The molecule has 3 saturated heterocycles. The molecule has 2 saturated carbocycles. The number of likely N-dealkylation sites (tertiary alicyclic amines) is 2. The number of aromatic nitrogens is 3. The maximum absolute atomic E-state index is 17.4. The molecule has 2 N–H and O–H groups in total. The summed E-state index contributed by atoms with van der Waals surface area (Å²) in [5.41, 5.74) is -1.67. The fourth-order valence-electron chi connectivity index (χ4n) is 11.1. The maximum atomic E-state index is 17.4. The summed E-state index contributed by atoms with van der Waals surface area (Å²) in [4.78, 5) is 32.7. The highest BCUT2D eigenvalue weighted by molar-refractivity contribution is 6.04. The highest BCUT2D eigenvalue weighted by Crippen LogP contribution is 2.52. The fraction of sp³-hybridized carbons (Fsp3) is 0.556. The van der Waals surface area contributed by atoms with E-state index in [0.29, 0.717) is 30.6 Å². The second kappa shape index (κ2) is 15.5. The predicted octanol–water partition coefficient (Wildman–Crippen LogP) is 6.43. The lowest BCUT2D eigenvalue weighted by atomic mass is 9.66. The van der Waals surface area contributed by atoms with Crippen molar-refractivity contribution in [3.05, 3.63) is 41.5 Å². The number of phenols is 1. The Bertz CT molecular complexity index is 2370. The maximum Gasteiger partial charge on any atom is 0.409 e. The number of β-amino-alcohol motifs (C(OH)–C–C–N with tert-alkyl or cyclic N) is 1. The molecule has 5 fully saturated rings. The number of rotatable bonds is 7. The van der Waals surface area contributed by atoms with Crippen LogP contribution in [0.1, 0.15) is 70.3 Å². The minimum absolute atomic E-state index is 0.0190. The molecule has 0 radical (unpaired) electrons. The number of ether oxygens (including phenoxy) is 4. The Morgan fingerprint density at radius 3 is 2.55 bits per heavy atom. The third-order valence-electron chi connectivity index (χ3n) is 13.9. The zero-order chi connectivity index (χ0) is 42.0. The van der Waals surface area contributed by atoms with Crippen LogP contribution >= 0.6 is 0 Å². The van der Waals surface area contributed by atoms with Crippen molar-refractivity contribution in [1.29, 1.82) is 0 Å². The molecule has 1 spiro atoms. The standard InChI is InChI=1S/C45H52F2N6O7/c1-5-30-32(46)10-9-27-20-29(54)21-31(34(27)30)37-36(47)38-35(40(48-37)57-3)39(51-18-19-59-25-43(2,56)22-51)50-41(49-38)60-26-45-13-6-8-33(45)53(17-7-14-45)28-11-15-44(16-12-28)23-52(24-44)42(55)58-4/h1,9-10,20-21,28,33,54,56H,6-8,11-19,22-26H2,2-4H3/t33?,43-,45+/m0/s1. The highest BCUT2D eigenvalue weighted by Gasteiger charge is 2.53. The molecule has 9 rings (SSSR count). The van der Waals surface area contributed by atoms with Gasteiger partial charge in [-0.15, -0.1) is 6.42 Å². The van der Waals surface area contributed by atoms with E-state index in [1.54, 1.807) is 11.8 Å². The first-order valence-electron chi connectivity index (χ1n) is 21.0. The molecule has 1 unspecified atom stereocenters. The zero-order valence-electron chi connectivity index (χ0n) is 34.4. The van der Waals surface area contributed by atoms with Gasteiger partial charge in [0.15, 0.2) is 5.82 Å². The van der Waals surface area contributed by atoms with Crippen molar-refractivity contribution in [1.82, 2.24) is 24.8 Å². The van der Waals surface area contributed by atoms with Gasteiger partial charge >= 0.3 is 12.1 Å². The number of anilines is 1. The normalized spacial score (nSPS) is 25.8. The Kier molecular flexibility index (Phi) is 10.4. The number of aromatic hydroxyl groups is 1. The van der Waals surface area contributed by atoms with Gasteiger partial charge in [0.05, 0.1) is 46.1 Å². The van der Waals surface area contributed by atoms with E-state index in [4.69, 9.17) is 35.3 Å². The van der Waals surface area contributed by atoms with Crippen molar-refractivity contribution in [2.45, 2.75) is 82.4 Å². The average Bonchev–Trinajstić information content (AvgIpc) is 3.58. The van der Waals surface area contributed by atoms with Gasteiger partial charge in [-0.1, -0.05) is 18.4 Å². The lowest BCUT2D eigenvalue weighted by Crippen LogP contribution is -2.62. The fourth-order valence-corrected chi connectivity index (χ4v) is 11.1. The van der Waals surface area contributed by atoms with Gasteiger partial charge < -0.3 is 39.0 Å². The first-order chi connectivity index (χ1) is 28.9. The van der Waals surface area contributed by atoms with Gasteiger partial charge in [-0.05, 0) is 88.4 Å². The van der Waals surface area contributed by atoms with Crippen molar-refractivity contribution in [3.63, 3.8) is 0 Å². The van der Waals surface area contributed by atoms with Crippen molar-refractivity contribution >= 4 is 33.6 Å². The van der Waals surface area contributed by atoms with Crippen molar-refractivity contribution < 1.29 is 42.7 Å². The van der Waals surface area contributed by atoms with Gasteiger partial charge in [0.1, 0.15) is 39.6 Å². The number of benzene rings is 2. The molecule has 3 atom stereocenters. The Labute approximate surface area is 348 Å². The minimum Gasteiger partial charge on any atom is -0.508 e. The lowest BCUT2D eigenvalue weighted by Gasteiger charge is -2.56. The molecule has 60 heavy (non-hydrogen) atoms. The van der Waals surface area contributed by atoms with Crippen LogP contribution in [0.25, 0.3) is 32.9 Å². The number of methoxy groups -OCH3 is 2. The van der Waals surface area contributed by atoms with Gasteiger partial charge in [0.25, 0.3) is 0 Å².